The van der Waals surface area contributed by atoms with Crippen LogP contribution in [0.15, 0.2) is 77.9 Å². The van der Waals surface area contributed by atoms with Crippen molar-refractivity contribution >= 4 is 40.8 Å². The molecule has 51 heavy (non-hydrogen) atoms. The van der Waals surface area contributed by atoms with E-state index in [0.29, 0.717) is 68.7 Å². The predicted molar refractivity (Wildman–Crippen MR) is 195 cm³/mol. The average Bonchev–Trinajstić information content (AvgIpc) is 3.53. The SMILES string of the molecule is COc1nc(-c2cccc(-c3cccc(-c4ccn5c(=O)c(CNCC6CCC(=O)N6)cnc5c4)c3Cl)c2Cl)ccc1CN(CC(C)O)C(=O)O. The molecular formula is C37H36Cl2N6O6. The highest BCUT2D eigenvalue weighted by Crippen LogP contribution is 2.42. The third-order valence-corrected chi connectivity index (χ3v) is 9.51. The number of carbonyl (C=O) groups is 2. The minimum Gasteiger partial charge on any atom is -0.481 e. The van der Waals surface area contributed by atoms with Crippen LogP contribution in [0.1, 0.15) is 30.9 Å². The molecule has 2 amide bonds. The van der Waals surface area contributed by atoms with E-state index in [-0.39, 0.29) is 36.5 Å². The number of amides is 2. The first-order chi connectivity index (χ1) is 24.5. The number of nitrogens with one attached hydrogen (secondary N) is 2. The maximum atomic E-state index is 13.2. The van der Waals surface area contributed by atoms with Crippen LogP contribution >= 0.6 is 23.2 Å². The predicted octanol–water partition coefficient (Wildman–Crippen LogP) is 5.63. The minimum absolute atomic E-state index is 0.0213. The van der Waals surface area contributed by atoms with Crippen LogP contribution in [-0.4, -0.2) is 73.8 Å². The van der Waals surface area contributed by atoms with Crippen LogP contribution in [0.2, 0.25) is 10.0 Å². The lowest BCUT2D eigenvalue weighted by molar-refractivity contribution is -0.119. The van der Waals surface area contributed by atoms with Gasteiger partial charge in [0.05, 0.1) is 42.0 Å². The van der Waals surface area contributed by atoms with Crippen molar-refractivity contribution < 1.29 is 24.5 Å². The van der Waals surface area contributed by atoms with E-state index in [4.69, 9.17) is 27.9 Å². The van der Waals surface area contributed by atoms with Crippen molar-refractivity contribution in [1.29, 1.82) is 0 Å². The molecule has 0 radical (unpaired) electrons. The summed E-state index contributed by atoms with van der Waals surface area (Å²) in [6, 6.07) is 18.3. The molecule has 3 aromatic heterocycles. The summed E-state index contributed by atoms with van der Waals surface area (Å²) in [6.07, 6.45) is 2.53. The van der Waals surface area contributed by atoms with Crippen LogP contribution in [0, 0.1) is 0 Å². The maximum Gasteiger partial charge on any atom is 0.407 e. The lowest BCUT2D eigenvalue weighted by atomic mass is 9.97. The summed E-state index contributed by atoms with van der Waals surface area (Å²) in [7, 11) is 1.45. The lowest BCUT2D eigenvalue weighted by Gasteiger charge is -2.22. The first-order valence-electron chi connectivity index (χ1n) is 16.3. The van der Waals surface area contributed by atoms with Crippen molar-refractivity contribution in [1.82, 2.24) is 29.9 Å². The fraction of sp³-hybridized carbons (Fsp3) is 0.270. The monoisotopic (exact) mass is 730 g/mol. The topological polar surface area (TPSA) is 158 Å². The number of rotatable bonds is 12. The number of hydrogen-bond donors (Lipinski definition) is 4. The van der Waals surface area contributed by atoms with Crippen molar-refractivity contribution in [2.75, 3.05) is 20.2 Å². The molecule has 1 saturated heterocycles. The van der Waals surface area contributed by atoms with E-state index >= 15 is 0 Å². The summed E-state index contributed by atoms with van der Waals surface area (Å²) in [6.45, 7) is 2.34. The van der Waals surface area contributed by atoms with Gasteiger partial charge in [0.1, 0.15) is 5.65 Å². The first-order valence-corrected chi connectivity index (χ1v) is 17.1. The Kier molecular flexibility index (Phi) is 10.9. The van der Waals surface area contributed by atoms with Gasteiger partial charge in [0, 0.05) is 71.3 Å². The molecular weight excluding hydrogens is 695 g/mol. The van der Waals surface area contributed by atoms with Crippen LogP contribution in [0.3, 0.4) is 0 Å². The van der Waals surface area contributed by atoms with Gasteiger partial charge >= 0.3 is 6.09 Å². The number of carboxylic acid groups (broad SMARTS) is 1. The largest absolute Gasteiger partial charge is 0.481 e. The van der Waals surface area contributed by atoms with Gasteiger partial charge < -0.3 is 30.5 Å². The summed E-state index contributed by atoms with van der Waals surface area (Å²) in [5.41, 5.74) is 5.29. The molecule has 264 valence electrons. The number of aliphatic hydroxyl groups excluding tert-OH is 1. The zero-order chi connectivity index (χ0) is 36.2. The van der Waals surface area contributed by atoms with E-state index in [9.17, 15) is 24.6 Å². The Morgan fingerprint density at radius 3 is 2.43 bits per heavy atom. The average molecular weight is 732 g/mol. The van der Waals surface area contributed by atoms with Crippen LogP contribution in [0.4, 0.5) is 4.79 Å². The number of ether oxygens (including phenoxy) is 1. The molecule has 2 atom stereocenters. The highest BCUT2D eigenvalue weighted by Gasteiger charge is 2.22. The molecule has 0 spiro atoms. The fourth-order valence-corrected chi connectivity index (χ4v) is 6.83. The van der Waals surface area contributed by atoms with Crippen LogP contribution in [0.25, 0.3) is 39.2 Å². The molecule has 12 nitrogen and oxygen atoms in total. The van der Waals surface area contributed by atoms with Gasteiger partial charge in [-0.2, -0.15) is 0 Å². The highest BCUT2D eigenvalue weighted by molar-refractivity contribution is 6.39. The molecule has 6 rings (SSSR count). The van der Waals surface area contributed by atoms with Gasteiger partial charge in [-0.1, -0.05) is 59.6 Å². The highest BCUT2D eigenvalue weighted by atomic mass is 35.5. The second-order valence-corrected chi connectivity index (χ2v) is 13.1. The number of nitrogens with zero attached hydrogens (tertiary/aromatic N) is 4. The Morgan fingerprint density at radius 2 is 1.76 bits per heavy atom. The molecule has 2 aromatic carbocycles. The molecule has 5 aromatic rings. The Labute approximate surface area is 303 Å². The minimum atomic E-state index is -1.17. The molecule has 2 unspecified atom stereocenters. The van der Waals surface area contributed by atoms with Crippen LogP contribution in [-0.2, 0) is 17.9 Å². The van der Waals surface area contributed by atoms with E-state index in [1.807, 2.05) is 42.5 Å². The van der Waals surface area contributed by atoms with Crippen LogP contribution < -0.4 is 20.9 Å². The molecule has 1 aliphatic heterocycles. The fourth-order valence-electron chi connectivity index (χ4n) is 6.17. The van der Waals surface area contributed by atoms with Gasteiger partial charge in [0.2, 0.25) is 11.8 Å². The number of halogens is 2. The second kappa shape index (κ2) is 15.5. The van der Waals surface area contributed by atoms with E-state index in [1.54, 1.807) is 30.6 Å². The Hall–Kier alpha value is -5.01. The molecule has 0 bridgehead atoms. The third kappa shape index (κ3) is 7.84. The van der Waals surface area contributed by atoms with Gasteiger partial charge in [-0.15, -0.1) is 0 Å². The second-order valence-electron chi connectivity index (χ2n) is 12.4. The number of benzene rings is 2. The van der Waals surface area contributed by atoms with Gasteiger partial charge in [-0.3, -0.25) is 14.0 Å². The zero-order valence-corrected chi connectivity index (χ0v) is 29.4. The number of pyridine rings is 2. The number of carbonyl (C=O) groups excluding carboxylic acids is 1. The number of aromatic nitrogens is 3. The summed E-state index contributed by atoms with van der Waals surface area (Å²) in [5.74, 6) is 0.282. The van der Waals surface area contributed by atoms with E-state index in [2.05, 4.69) is 20.6 Å². The molecule has 1 aliphatic rings. The summed E-state index contributed by atoms with van der Waals surface area (Å²) in [5, 5.41) is 26.3. The first kappa shape index (κ1) is 35.8. The molecule has 4 N–H and O–H groups in total. The number of methoxy groups -OCH3 is 1. The van der Waals surface area contributed by atoms with Crippen molar-refractivity contribution in [2.45, 2.75) is 45.0 Å². The van der Waals surface area contributed by atoms with Gasteiger partial charge in [-0.25, -0.2) is 14.8 Å². The van der Waals surface area contributed by atoms with Gasteiger partial charge in [-0.05, 0) is 43.2 Å². The molecule has 1 fully saturated rings. The van der Waals surface area contributed by atoms with Crippen molar-refractivity contribution in [2.24, 2.45) is 0 Å². The van der Waals surface area contributed by atoms with Crippen LogP contribution in [0.5, 0.6) is 5.88 Å². The molecule has 0 aliphatic carbocycles. The standard InChI is InChI=1S/C37H36Cl2N6O6/c1-21(46)19-44(37(49)50)20-23-9-11-30(43-35(23)51-2)29-8-4-7-28(34(29)39)27-6-3-5-26(33(27)38)22-13-14-45-31(15-22)41-17-24(36(45)48)16-40-18-25-10-12-32(47)42-25/h3-9,11,13-15,17,21,25,40,46H,10,12,16,18-20H2,1-2H3,(H,42,47)(H,49,50). The van der Waals surface area contributed by atoms with E-state index in [0.717, 1.165) is 22.4 Å². The Morgan fingerprint density at radius 1 is 1.06 bits per heavy atom. The zero-order valence-electron chi connectivity index (χ0n) is 27.9. The number of aliphatic hydroxyl groups is 1. The summed E-state index contributed by atoms with van der Waals surface area (Å²) < 4.78 is 7.01. The Bertz CT molecular complexity index is 2170. The smallest absolute Gasteiger partial charge is 0.407 e. The van der Waals surface area contributed by atoms with Gasteiger partial charge in [0.15, 0.2) is 0 Å². The maximum absolute atomic E-state index is 13.2. The normalized spacial score (nSPS) is 14.8. The Balaban J connectivity index is 1.26. The van der Waals surface area contributed by atoms with Gasteiger partial charge in [0.25, 0.3) is 5.56 Å². The van der Waals surface area contributed by atoms with E-state index < -0.39 is 12.2 Å². The van der Waals surface area contributed by atoms with E-state index in [1.165, 1.54) is 18.4 Å². The lowest BCUT2D eigenvalue weighted by Crippen LogP contribution is -2.36. The third-order valence-electron chi connectivity index (χ3n) is 8.70. The molecule has 14 heteroatoms. The van der Waals surface area contributed by atoms with Crippen molar-refractivity contribution in [3.8, 4) is 39.4 Å². The van der Waals surface area contributed by atoms with Crippen molar-refractivity contribution in [3.05, 3.63) is 105 Å². The molecule has 4 heterocycles. The summed E-state index contributed by atoms with van der Waals surface area (Å²) in [4.78, 5) is 46.7. The quantitative estimate of drug-likeness (QED) is 0.128. The summed E-state index contributed by atoms with van der Waals surface area (Å²) >= 11 is 14.1. The van der Waals surface area contributed by atoms with Crippen molar-refractivity contribution in [3.63, 3.8) is 0 Å². The number of fused-ring (bicyclic) bond motifs is 1. The number of hydrogen-bond acceptors (Lipinski definition) is 8. The molecule has 0 saturated carbocycles.